The van der Waals surface area contributed by atoms with E-state index in [4.69, 9.17) is 48.0 Å². The first-order valence-corrected chi connectivity index (χ1v) is 37.9. The van der Waals surface area contributed by atoms with E-state index < -0.39 is 47.9 Å². The lowest BCUT2D eigenvalue weighted by atomic mass is 9.58. The molecule has 8 unspecified atom stereocenters. The third-order valence-electron chi connectivity index (χ3n) is 19.2. The molecular formula is C81H126N6O15. The van der Waals surface area contributed by atoms with Gasteiger partial charge in [-0.1, -0.05) is 192 Å². The first-order valence-electron chi connectivity index (χ1n) is 37.9. The van der Waals surface area contributed by atoms with E-state index in [9.17, 15) is 24.0 Å². The maximum atomic E-state index is 12.6. The molecule has 16 atom stereocenters. The molecule has 2 aliphatic carbocycles. The highest BCUT2D eigenvalue weighted by Crippen LogP contribution is 2.62. The summed E-state index contributed by atoms with van der Waals surface area (Å²) in [5.41, 5.74) is 13.9. The van der Waals surface area contributed by atoms with Crippen molar-refractivity contribution in [3.05, 3.63) is 142 Å². The van der Waals surface area contributed by atoms with Gasteiger partial charge >= 0.3 is 0 Å². The first-order chi connectivity index (χ1) is 49.2. The molecule has 8 aliphatic heterocycles. The van der Waals surface area contributed by atoms with Crippen LogP contribution in [0.1, 0.15) is 274 Å². The molecular weight excluding hydrogens is 1300 g/mol. The van der Waals surface area contributed by atoms with Gasteiger partial charge in [0.05, 0.1) is 25.6 Å². The van der Waals surface area contributed by atoms with Crippen LogP contribution in [-0.2, 0) is 66.0 Å². The van der Waals surface area contributed by atoms with Crippen LogP contribution < -0.4 is 21.9 Å². The van der Waals surface area contributed by atoms with Gasteiger partial charge in [-0.25, -0.2) is 30.4 Å². The molecule has 0 radical (unpaired) electrons. The monoisotopic (exact) mass is 1420 g/mol. The Balaban J connectivity index is 0.000000433. The molecule has 2 spiro atoms. The number of hydrogen-bond acceptors (Lipinski definition) is 17. The summed E-state index contributed by atoms with van der Waals surface area (Å²) in [6.45, 7) is 44.6. The zero-order valence-corrected chi connectivity index (χ0v) is 65.7. The summed E-state index contributed by atoms with van der Waals surface area (Å²) >= 11 is 0. The molecule has 4 bridgehead atoms. The lowest BCUT2D eigenvalue weighted by molar-refractivity contribution is -0.577. The zero-order valence-electron chi connectivity index (χ0n) is 65.7. The Hall–Kier alpha value is -6.63. The Morgan fingerprint density at radius 1 is 0.480 bits per heavy atom. The van der Waals surface area contributed by atoms with Crippen molar-refractivity contribution >= 4 is 41.8 Å². The number of benzene rings is 4. The molecule has 4 aromatic rings. The molecule has 21 nitrogen and oxygen atoms in total. The van der Waals surface area contributed by atoms with E-state index in [0.717, 1.165) is 73.6 Å². The molecule has 5 N–H and O–H groups in total. The summed E-state index contributed by atoms with van der Waals surface area (Å²) in [4.78, 5) is 82.0. The number of Topliss-reactive ketones (excluding diaryl/α,β-unsaturated/α-hetero) is 1. The summed E-state index contributed by atoms with van der Waals surface area (Å²) in [5.74, 6) is -0.453. The molecule has 4 amide bonds. The van der Waals surface area contributed by atoms with E-state index in [1.807, 2.05) is 142 Å². The number of carbonyl (C=O) groups excluding carboxylic acids is 5. The fraction of sp³-hybridized carbons (Fsp3) is 0.617. The molecule has 102 heavy (non-hydrogen) atoms. The van der Waals surface area contributed by atoms with Gasteiger partial charge in [-0.05, 0) is 135 Å². The smallest absolute Gasteiger partial charge is 0.271 e. The minimum absolute atomic E-state index is 0.0893. The van der Waals surface area contributed by atoms with Crippen molar-refractivity contribution in [2.24, 2.45) is 63.3 Å². The molecule has 10 aliphatic rings. The number of fused-ring (bicyclic) bond motifs is 4. The van der Waals surface area contributed by atoms with Crippen molar-refractivity contribution in [3.8, 4) is 0 Å². The van der Waals surface area contributed by atoms with Crippen molar-refractivity contribution < 1.29 is 71.9 Å². The van der Waals surface area contributed by atoms with E-state index in [-0.39, 0.29) is 53.1 Å². The van der Waals surface area contributed by atoms with Crippen LogP contribution in [0.25, 0.3) is 0 Å². The maximum Gasteiger partial charge on any atom is 0.271 e. The largest absolute Gasteiger partial charge is 0.370 e. The third-order valence-corrected chi connectivity index (χ3v) is 19.2. The number of nitrogens with zero attached hydrogens (tertiary/aromatic N) is 2. The van der Waals surface area contributed by atoms with E-state index in [1.165, 1.54) is 13.1 Å². The Bertz CT molecular complexity index is 2980. The predicted octanol–water partition coefficient (Wildman–Crippen LogP) is 17.0. The number of primary amides is 1. The van der Waals surface area contributed by atoms with Crippen molar-refractivity contribution in [1.29, 1.82) is 0 Å². The zero-order chi connectivity index (χ0) is 76.5. The van der Waals surface area contributed by atoms with E-state index in [2.05, 4.69) is 59.8 Å². The Labute approximate surface area is 610 Å². The SMILES string of the molecule is CC.CC.CC.CC.CC.CC.CC.CC(N)=O.CCC(=O)c1ccc(/C=N/NC(=O)c2ccc(COC3OC4O[C@@]5(C)CCC6[C@H](C)CCC([C@H]3C)[C@@]46OO5)cc2)cc1.CNC(=O)c1ccc(/C=N/NC(=O)c2ccc(COC3OC4O[C@@]5(C)CCC6[C@H](C)CCC([C@H]3C)[C@@]46OO5)cc2)cc1. The fourth-order valence-corrected chi connectivity index (χ4v) is 14.3. The number of nitrogens with one attached hydrogen (secondary N) is 3. The number of nitrogens with two attached hydrogens (primary N) is 1. The summed E-state index contributed by atoms with van der Waals surface area (Å²) in [7, 11) is 1.58. The average molecular weight is 1420 g/mol. The normalized spacial score (nSPS) is 29.8. The highest BCUT2D eigenvalue weighted by Gasteiger charge is 2.71. The van der Waals surface area contributed by atoms with Gasteiger partial charge in [0.1, 0.15) is 0 Å². The number of amides is 4. The second-order valence-electron chi connectivity index (χ2n) is 25.2. The average Bonchev–Trinajstić information content (AvgIpc) is 1.38. The quantitative estimate of drug-likeness (QED) is 0.0373. The summed E-state index contributed by atoms with van der Waals surface area (Å²) in [5, 5.41) is 10.7. The van der Waals surface area contributed by atoms with E-state index in [0.29, 0.717) is 65.6 Å². The van der Waals surface area contributed by atoms with E-state index in [1.54, 1.807) is 86.1 Å². The second-order valence-corrected chi connectivity index (χ2v) is 25.2. The highest BCUT2D eigenvalue weighted by molar-refractivity contribution is 5.98. The molecule has 10 fully saturated rings. The number of carbonyl (C=O) groups is 5. The van der Waals surface area contributed by atoms with Crippen LogP contribution >= 0.6 is 0 Å². The van der Waals surface area contributed by atoms with Gasteiger partial charge in [0, 0.05) is 79.2 Å². The van der Waals surface area contributed by atoms with Crippen molar-refractivity contribution in [2.45, 2.75) is 271 Å². The molecule has 8 saturated heterocycles. The van der Waals surface area contributed by atoms with Crippen LogP contribution in [-0.4, -0.2) is 96.8 Å². The van der Waals surface area contributed by atoms with Gasteiger partial charge in [0.25, 0.3) is 17.7 Å². The van der Waals surface area contributed by atoms with Crippen LogP contribution in [0.15, 0.2) is 107 Å². The molecule has 0 aromatic heterocycles. The van der Waals surface area contributed by atoms with Gasteiger partial charge in [0.2, 0.25) is 17.5 Å². The van der Waals surface area contributed by atoms with Crippen LogP contribution in [0, 0.1) is 47.3 Å². The summed E-state index contributed by atoms with van der Waals surface area (Å²) < 4.78 is 38.5. The van der Waals surface area contributed by atoms with Crippen LogP contribution in [0.5, 0.6) is 0 Å². The predicted molar refractivity (Wildman–Crippen MR) is 401 cm³/mol. The standard InChI is InChI=1S/C33H40N2O7.C32H39N3O7.C2H5NO.7C2H6/c1-5-28(36)24-11-7-22(8-12-24)18-34-35-29(37)25-13-9-23(10-14-25)19-38-30-21(3)27-15-6-20(2)26-16-17-32(4)40-31(39-30)33(26,27)42-41-32;1-19-5-14-26-20(2)29(39-30-32(26)25(19)15-16-31(3,40-30)41-42-32)38-18-22-8-12-24(13-9-22)28(37)35-34-17-21-6-10-23(11-7-21)27(36)33-4;1-2(3)4;7*1-2/h7-14,18,20-21,26-27,30-31H,5-6,15-17,19H2,1-4H3,(H,35,37);6-13,17,19-20,25-26,29-30H,5,14-16,18H2,1-4H3,(H,33,36)(H,35,37);1H3,(H2,3,4);7*1-2H3/b34-18+;34-17+;;;;;;;;/t20-,21-,26?,27?,30?,31?,32-,33-;19-,20-,25?,26?,29?,30?,31-,32-;;;;;;;;/m11......../s1. The lowest BCUT2D eigenvalue weighted by Crippen LogP contribution is -2.70. The number of rotatable bonds is 15. The molecule has 2 saturated carbocycles. The Morgan fingerprint density at radius 2 is 0.804 bits per heavy atom. The van der Waals surface area contributed by atoms with Gasteiger partial charge in [0.15, 0.2) is 42.1 Å². The number of hydrogen-bond donors (Lipinski definition) is 4. The summed E-state index contributed by atoms with van der Waals surface area (Å²) in [6, 6.07) is 28.5. The molecule has 21 heteroatoms. The fourth-order valence-electron chi connectivity index (χ4n) is 14.3. The number of hydrazone groups is 2. The molecule has 14 rings (SSSR count). The van der Waals surface area contributed by atoms with Crippen molar-refractivity contribution in [2.75, 3.05) is 7.05 Å². The van der Waals surface area contributed by atoms with Crippen LogP contribution in [0.2, 0.25) is 0 Å². The minimum atomic E-state index is -0.819. The van der Waals surface area contributed by atoms with Gasteiger partial charge in [-0.3, -0.25) is 24.0 Å². The number of ketones is 1. The van der Waals surface area contributed by atoms with Crippen molar-refractivity contribution in [1.82, 2.24) is 16.2 Å². The first kappa shape index (κ1) is 89.6. The minimum Gasteiger partial charge on any atom is -0.370 e. The Morgan fingerprint density at radius 3 is 1.14 bits per heavy atom. The highest BCUT2D eigenvalue weighted by atomic mass is 17.3. The van der Waals surface area contributed by atoms with Gasteiger partial charge in [-0.2, -0.15) is 10.2 Å². The number of ether oxygens (including phenoxy) is 6. The molecule has 8 heterocycles. The summed E-state index contributed by atoms with van der Waals surface area (Å²) in [6.07, 6.45) is 9.38. The third kappa shape index (κ3) is 22.2. The maximum absolute atomic E-state index is 12.6. The topological polar surface area (TPSA) is 264 Å². The molecule has 4 aromatic carbocycles. The Kier molecular flexibility index (Phi) is 38.9. The van der Waals surface area contributed by atoms with Crippen LogP contribution in [0.4, 0.5) is 0 Å². The van der Waals surface area contributed by atoms with Crippen LogP contribution in [0.3, 0.4) is 0 Å². The van der Waals surface area contributed by atoms with E-state index >= 15 is 0 Å². The van der Waals surface area contributed by atoms with Gasteiger partial charge in [-0.15, -0.1) is 0 Å². The molecule has 570 valence electrons. The lowest BCUT2D eigenvalue weighted by Gasteiger charge is -2.60. The van der Waals surface area contributed by atoms with Gasteiger partial charge < -0.3 is 39.5 Å². The second kappa shape index (κ2) is 44.2. The van der Waals surface area contributed by atoms with Crippen molar-refractivity contribution in [3.63, 3.8) is 0 Å².